The zero-order valence-electron chi connectivity index (χ0n) is 14.6. The van der Waals surface area contributed by atoms with Gasteiger partial charge in [0.15, 0.2) is 0 Å². The summed E-state index contributed by atoms with van der Waals surface area (Å²) in [6.45, 7) is 4.48. The maximum absolute atomic E-state index is 12.5. The van der Waals surface area contributed by atoms with Crippen LogP contribution in [0.4, 0.5) is 0 Å². The van der Waals surface area contributed by atoms with Crippen LogP contribution in [0.15, 0.2) is 36.4 Å². The molecule has 2 heterocycles. The molecule has 1 fully saturated rings. The molecule has 1 aliphatic heterocycles. The van der Waals surface area contributed by atoms with Crippen molar-refractivity contribution in [2.45, 2.75) is 13.5 Å². The number of hydrogen-bond donors (Lipinski definition) is 1. The molecule has 6 nitrogen and oxygen atoms in total. The minimum atomic E-state index is 0.0117. The van der Waals surface area contributed by atoms with Gasteiger partial charge in [0.1, 0.15) is 5.75 Å². The van der Waals surface area contributed by atoms with Crippen molar-refractivity contribution in [1.82, 2.24) is 9.88 Å². The van der Waals surface area contributed by atoms with Crippen molar-refractivity contribution in [3.05, 3.63) is 53.2 Å². The summed E-state index contributed by atoms with van der Waals surface area (Å²) >= 11 is 0. The molecule has 2 N–H and O–H groups in total. The molecule has 0 bridgehead atoms. The molecule has 132 valence electrons. The number of rotatable bonds is 6. The number of amides is 1. The molecule has 1 aromatic carbocycles. The second kappa shape index (κ2) is 7.63. The summed E-state index contributed by atoms with van der Waals surface area (Å²) in [5, 5.41) is 0. The Morgan fingerprint density at radius 2 is 2.12 bits per heavy atom. The Morgan fingerprint density at radius 1 is 1.32 bits per heavy atom. The van der Waals surface area contributed by atoms with Crippen molar-refractivity contribution < 1.29 is 14.3 Å². The molecule has 1 aromatic heterocycles. The third-order valence-electron chi connectivity index (χ3n) is 4.18. The van der Waals surface area contributed by atoms with E-state index >= 15 is 0 Å². The Labute approximate surface area is 147 Å². The maximum atomic E-state index is 12.5. The third kappa shape index (κ3) is 4.15. The van der Waals surface area contributed by atoms with Gasteiger partial charge in [-0.05, 0) is 36.8 Å². The first-order valence-electron chi connectivity index (χ1n) is 8.33. The minimum Gasteiger partial charge on any atom is -0.439 e. The molecule has 1 saturated heterocycles. The predicted molar refractivity (Wildman–Crippen MR) is 94.7 cm³/mol. The molecule has 0 spiro atoms. The van der Waals surface area contributed by atoms with Gasteiger partial charge < -0.3 is 20.1 Å². The van der Waals surface area contributed by atoms with Crippen molar-refractivity contribution in [2.24, 2.45) is 11.7 Å². The maximum Gasteiger partial charge on any atom is 0.254 e. The highest BCUT2D eigenvalue weighted by molar-refractivity contribution is 5.95. The number of hydrogen-bond acceptors (Lipinski definition) is 5. The van der Waals surface area contributed by atoms with Crippen LogP contribution < -0.4 is 10.5 Å². The number of nitrogens with two attached hydrogens (primary N) is 1. The summed E-state index contributed by atoms with van der Waals surface area (Å²) in [5.41, 5.74) is 8.10. The molecule has 3 rings (SSSR count). The Kier molecular flexibility index (Phi) is 5.31. The van der Waals surface area contributed by atoms with Gasteiger partial charge in [0, 0.05) is 50.0 Å². The molecule has 1 amide bonds. The van der Waals surface area contributed by atoms with Crippen LogP contribution in [-0.2, 0) is 11.3 Å². The van der Waals surface area contributed by atoms with E-state index in [9.17, 15) is 4.79 Å². The summed E-state index contributed by atoms with van der Waals surface area (Å²) in [6, 6.07) is 10.9. The molecule has 0 radical (unpaired) electrons. The first-order valence-corrected chi connectivity index (χ1v) is 8.33. The molecular formula is C19H23N3O3. The molecule has 0 unspecified atom stereocenters. The van der Waals surface area contributed by atoms with Gasteiger partial charge in [-0.2, -0.15) is 0 Å². The number of pyridine rings is 1. The fraction of sp³-hybridized carbons (Fsp3) is 0.368. The van der Waals surface area contributed by atoms with Gasteiger partial charge in [-0.3, -0.25) is 4.79 Å². The van der Waals surface area contributed by atoms with Gasteiger partial charge in [-0.15, -0.1) is 0 Å². The molecule has 25 heavy (non-hydrogen) atoms. The van der Waals surface area contributed by atoms with Gasteiger partial charge in [0.2, 0.25) is 5.88 Å². The highest BCUT2D eigenvalue weighted by Gasteiger charge is 2.31. The SMILES string of the molecule is COCC1CN(C(=O)c2cccc(Oc3cc(CN)cc(C)n3)c2)C1. The fourth-order valence-corrected chi connectivity index (χ4v) is 2.95. The first kappa shape index (κ1) is 17.4. The lowest BCUT2D eigenvalue weighted by molar-refractivity contribution is 0.0270. The van der Waals surface area contributed by atoms with Crippen LogP contribution in [0.2, 0.25) is 0 Å². The molecule has 6 heteroatoms. The topological polar surface area (TPSA) is 77.7 Å². The Balaban J connectivity index is 1.70. The average molecular weight is 341 g/mol. The molecule has 0 atom stereocenters. The lowest BCUT2D eigenvalue weighted by Gasteiger charge is -2.38. The van der Waals surface area contributed by atoms with Crippen LogP contribution >= 0.6 is 0 Å². The van der Waals surface area contributed by atoms with Crippen LogP contribution in [-0.4, -0.2) is 42.6 Å². The zero-order chi connectivity index (χ0) is 17.8. The summed E-state index contributed by atoms with van der Waals surface area (Å²) in [7, 11) is 1.68. The van der Waals surface area contributed by atoms with Crippen molar-refractivity contribution >= 4 is 5.91 Å². The van der Waals surface area contributed by atoms with Crippen molar-refractivity contribution in [1.29, 1.82) is 0 Å². The number of likely N-dealkylation sites (tertiary alicyclic amines) is 1. The van der Waals surface area contributed by atoms with Crippen molar-refractivity contribution in [2.75, 3.05) is 26.8 Å². The standard InChI is InChI=1S/C19H23N3O3/c1-13-6-14(9-20)7-18(21-13)25-17-5-3-4-16(8-17)19(23)22-10-15(11-22)12-24-2/h3-8,15H,9-12,20H2,1-2H3. The smallest absolute Gasteiger partial charge is 0.254 e. The number of ether oxygens (including phenoxy) is 2. The molecular weight excluding hydrogens is 318 g/mol. The quantitative estimate of drug-likeness (QED) is 0.873. The molecule has 2 aromatic rings. The van der Waals surface area contributed by atoms with Crippen molar-refractivity contribution in [3.63, 3.8) is 0 Å². The molecule has 0 saturated carbocycles. The highest BCUT2D eigenvalue weighted by atomic mass is 16.5. The number of methoxy groups -OCH3 is 1. The number of nitrogens with zero attached hydrogens (tertiary/aromatic N) is 2. The van der Waals surface area contributed by atoms with Gasteiger partial charge in [-0.25, -0.2) is 4.98 Å². The second-order valence-corrected chi connectivity index (χ2v) is 6.32. The van der Waals surface area contributed by atoms with Crippen molar-refractivity contribution in [3.8, 4) is 11.6 Å². The van der Waals surface area contributed by atoms with Crippen LogP contribution in [0.25, 0.3) is 0 Å². The van der Waals surface area contributed by atoms with E-state index < -0.39 is 0 Å². The van der Waals surface area contributed by atoms with E-state index in [1.54, 1.807) is 19.2 Å². The fourth-order valence-electron chi connectivity index (χ4n) is 2.95. The van der Waals surface area contributed by atoms with E-state index in [0.29, 0.717) is 36.3 Å². The number of benzene rings is 1. The predicted octanol–water partition coefficient (Wildman–Crippen LogP) is 2.36. The van der Waals surface area contributed by atoms with Gasteiger partial charge >= 0.3 is 0 Å². The van der Waals surface area contributed by atoms with Crippen LogP contribution in [0, 0.1) is 12.8 Å². The average Bonchev–Trinajstić information content (AvgIpc) is 2.57. The number of aromatic nitrogens is 1. The number of carbonyl (C=O) groups is 1. The zero-order valence-corrected chi connectivity index (χ0v) is 14.6. The minimum absolute atomic E-state index is 0.0117. The van der Waals surface area contributed by atoms with Crippen LogP contribution in [0.5, 0.6) is 11.6 Å². The van der Waals surface area contributed by atoms with Gasteiger partial charge in [-0.1, -0.05) is 6.07 Å². The number of carbonyl (C=O) groups excluding carboxylic acids is 1. The van der Waals surface area contributed by atoms with Crippen LogP contribution in [0.1, 0.15) is 21.6 Å². The Hall–Kier alpha value is -2.44. The van der Waals surface area contributed by atoms with Crippen LogP contribution in [0.3, 0.4) is 0 Å². The van der Waals surface area contributed by atoms with E-state index in [1.807, 2.05) is 36.1 Å². The largest absolute Gasteiger partial charge is 0.439 e. The summed E-state index contributed by atoms with van der Waals surface area (Å²) < 4.78 is 10.9. The highest BCUT2D eigenvalue weighted by Crippen LogP contribution is 2.24. The van der Waals surface area contributed by atoms with Gasteiger partial charge in [0.25, 0.3) is 5.91 Å². The second-order valence-electron chi connectivity index (χ2n) is 6.32. The Morgan fingerprint density at radius 3 is 2.84 bits per heavy atom. The monoisotopic (exact) mass is 341 g/mol. The van der Waals surface area contributed by atoms with E-state index in [4.69, 9.17) is 15.2 Å². The Bertz CT molecular complexity index is 757. The number of aryl methyl sites for hydroxylation is 1. The van der Waals surface area contributed by atoms with Gasteiger partial charge in [0.05, 0.1) is 6.61 Å². The van der Waals surface area contributed by atoms with E-state index in [0.717, 1.165) is 24.3 Å². The van der Waals surface area contributed by atoms with E-state index in [-0.39, 0.29) is 5.91 Å². The molecule has 0 aliphatic carbocycles. The third-order valence-corrected chi connectivity index (χ3v) is 4.18. The van der Waals surface area contributed by atoms with E-state index in [2.05, 4.69) is 4.98 Å². The lowest BCUT2D eigenvalue weighted by Crippen LogP contribution is -2.51. The van der Waals surface area contributed by atoms with E-state index in [1.165, 1.54) is 0 Å². The lowest BCUT2D eigenvalue weighted by atomic mass is 10.00. The summed E-state index contributed by atoms with van der Waals surface area (Å²) in [4.78, 5) is 18.7. The summed E-state index contributed by atoms with van der Waals surface area (Å²) in [5.74, 6) is 1.51. The molecule has 1 aliphatic rings. The normalized spacial score (nSPS) is 14.3. The summed E-state index contributed by atoms with van der Waals surface area (Å²) in [6.07, 6.45) is 0. The first-order chi connectivity index (χ1) is 12.1.